The van der Waals surface area contributed by atoms with E-state index in [1.165, 1.54) is 12.1 Å². The molecule has 1 aliphatic carbocycles. The fourth-order valence-corrected chi connectivity index (χ4v) is 4.68. The zero-order valence-corrected chi connectivity index (χ0v) is 16.6. The maximum atomic E-state index is 12.8. The molecule has 1 N–H and O–H groups in total. The third kappa shape index (κ3) is 3.54. The first-order valence-electron chi connectivity index (χ1n) is 9.43. The van der Waals surface area contributed by atoms with Gasteiger partial charge in [0.2, 0.25) is 5.91 Å². The molecule has 1 saturated heterocycles. The SMILES string of the molecule is CN1CCC/C1=N/S(=O)(=O)c1ccc(NC(=O)C2(c3ccccc3)CC2)cc1. The fraction of sp³-hybridized carbons (Fsp3) is 0.333. The predicted octanol–water partition coefficient (Wildman–Crippen LogP) is 3.17. The van der Waals surface area contributed by atoms with Crippen LogP contribution in [0.4, 0.5) is 5.69 Å². The van der Waals surface area contributed by atoms with Crippen LogP contribution < -0.4 is 5.32 Å². The minimum atomic E-state index is -3.75. The highest BCUT2D eigenvalue weighted by atomic mass is 32.2. The van der Waals surface area contributed by atoms with E-state index in [-0.39, 0.29) is 10.8 Å². The summed E-state index contributed by atoms with van der Waals surface area (Å²) in [7, 11) is -1.90. The number of nitrogens with zero attached hydrogens (tertiary/aromatic N) is 2. The molecule has 6 nitrogen and oxygen atoms in total. The Morgan fingerprint density at radius 2 is 1.75 bits per heavy atom. The molecule has 0 aromatic heterocycles. The largest absolute Gasteiger partial charge is 0.362 e. The van der Waals surface area contributed by atoms with Gasteiger partial charge < -0.3 is 10.2 Å². The van der Waals surface area contributed by atoms with E-state index in [2.05, 4.69) is 9.71 Å². The highest BCUT2D eigenvalue weighted by Crippen LogP contribution is 2.48. The van der Waals surface area contributed by atoms with E-state index in [1.807, 2.05) is 42.3 Å². The maximum Gasteiger partial charge on any atom is 0.283 e. The Kier molecular flexibility index (Phi) is 4.71. The summed E-state index contributed by atoms with van der Waals surface area (Å²) in [6.45, 7) is 0.822. The number of likely N-dealkylation sites (tertiary alicyclic amines) is 1. The molecule has 2 aliphatic rings. The van der Waals surface area contributed by atoms with Crippen LogP contribution >= 0.6 is 0 Å². The number of hydrogen-bond donors (Lipinski definition) is 1. The van der Waals surface area contributed by atoms with E-state index in [9.17, 15) is 13.2 Å². The molecule has 0 radical (unpaired) electrons. The van der Waals surface area contributed by atoms with Crippen LogP contribution in [0.3, 0.4) is 0 Å². The third-order valence-electron chi connectivity index (χ3n) is 5.48. The fourth-order valence-electron chi connectivity index (χ4n) is 3.59. The number of carbonyl (C=O) groups is 1. The molecule has 146 valence electrons. The number of carbonyl (C=O) groups excluding carboxylic acids is 1. The van der Waals surface area contributed by atoms with Crippen LogP contribution in [0, 0.1) is 0 Å². The Morgan fingerprint density at radius 1 is 1.07 bits per heavy atom. The Labute approximate surface area is 165 Å². The quantitative estimate of drug-likeness (QED) is 0.841. The molecule has 0 bridgehead atoms. The molecule has 4 rings (SSSR count). The summed E-state index contributed by atoms with van der Waals surface area (Å²) in [4.78, 5) is 14.8. The first kappa shape index (κ1) is 18.7. The van der Waals surface area contributed by atoms with Crippen LogP contribution in [0.2, 0.25) is 0 Å². The smallest absolute Gasteiger partial charge is 0.283 e. The number of sulfonamides is 1. The molecule has 2 fully saturated rings. The van der Waals surface area contributed by atoms with Crippen LogP contribution in [0.5, 0.6) is 0 Å². The van der Waals surface area contributed by atoms with Gasteiger partial charge in [-0.1, -0.05) is 30.3 Å². The molecule has 0 atom stereocenters. The number of benzene rings is 2. The number of anilines is 1. The molecule has 1 saturated carbocycles. The molecular weight excluding hydrogens is 374 g/mol. The molecule has 1 heterocycles. The van der Waals surface area contributed by atoms with Crippen molar-refractivity contribution in [3.05, 3.63) is 60.2 Å². The van der Waals surface area contributed by atoms with Gasteiger partial charge in [-0.2, -0.15) is 8.42 Å². The summed E-state index contributed by atoms with van der Waals surface area (Å²) >= 11 is 0. The normalized spacial score (nSPS) is 19.6. The Morgan fingerprint density at radius 3 is 2.32 bits per heavy atom. The summed E-state index contributed by atoms with van der Waals surface area (Å²) in [5.41, 5.74) is 1.13. The van der Waals surface area contributed by atoms with Crippen molar-refractivity contribution in [2.75, 3.05) is 18.9 Å². The van der Waals surface area contributed by atoms with Crippen molar-refractivity contribution in [2.24, 2.45) is 4.40 Å². The molecule has 1 aliphatic heterocycles. The lowest BCUT2D eigenvalue weighted by Gasteiger charge is -2.16. The number of amidine groups is 1. The van der Waals surface area contributed by atoms with E-state index in [4.69, 9.17) is 0 Å². The van der Waals surface area contributed by atoms with Gasteiger partial charge in [0.15, 0.2) is 0 Å². The number of amides is 1. The van der Waals surface area contributed by atoms with Crippen molar-refractivity contribution < 1.29 is 13.2 Å². The van der Waals surface area contributed by atoms with Gasteiger partial charge in [-0.05, 0) is 49.1 Å². The first-order chi connectivity index (χ1) is 13.4. The second-order valence-electron chi connectivity index (χ2n) is 7.43. The lowest BCUT2D eigenvalue weighted by Crippen LogP contribution is -2.27. The maximum absolute atomic E-state index is 12.8. The Bertz CT molecular complexity index is 1010. The van der Waals surface area contributed by atoms with E-state index >= 15 is 0 Å². The summed E-state index contributed by atoms with van der Waals surface area (Å²) in [5.74, 6) is 0.540. The monoisotopic (exact) mass is 397 g/mol. The zero-order chi connectivity index (χ0) is 19.8. The standard InChI is InChI=1S/C21H23N3O3S/c1-24-15-5-8-19(24)23-28(26,27)18-11-9-17(10-12-18)22-20(25)21(13-14-21)16-6-3-2-4-7-16/h2-4,6-7,9-12H,5,8,13-15H2,1H3,(H,22,25)/b23-19-. The van der Waals surface area contributed by atoms with Crippen molar-refractivity contribution in [1.29, 1.82) is 0 Å². The van der Waals surface area contributed by atoms with Gasteiger partial charge in [0.05, 0.1) is 10.3 Å². The Balaban J connectivity index is 1.49. The molecule has 28 heavy (non-hydrogen) atoms. The minimum absolute atomic E-state index is 0.0536. The van der Waals surface area contributed by atoms with Gasteiger partial charge in [0.25, 0.3) is 10.0 Å². The van der Waals surface area contributed by atoms with Gasteiger partial charge >= 0.3 is 0 Å². The summed E-state index contributed by atoms with van der Waals surface area (Å²) in [6, 6.07) is 16.0. The van der Waals surface area contributed by atoms with Gasteiger partial charge in [0.1, 0.15) is 5.84 Å². The zero-order valence-electron chi connectivity index (χ0n) is 15.8. The molecular formula is C21H23N3O3S. The minimum Gasteiger partial charge on any atom is -0.362 e. The lowest BCUT2D eigenvalue weighted by atomic mass is 9.95. The van der Waals surface area contributed by atoms with Crippen LogP contribution in [-0.2, 0) is 20.2 Å². The van der Waals surface area contributed by atoms with Crippen molar-refractivity contribution in [3.63, 3.8) is 0 Å². The van der Waals surface area contributed by atoms with Crippen molar-refractivity contribution >= 4 is 27.5 Å². The highest BCUT2D eigenvalue weighted by molar-refractivity contribution is 7.90. The second kappa shape index (κ2) is 7.05. The number of rotatable bonds is 5. The van der Waals surface area contributed by atoms with E-state index in [0.29, 0.717) is 17.9 Å². The van der Waals surface area contributed by atoms with Crippen LogP contribution in [-0.4, -0.2) is 38.7 Å². The van der Waals surface area contributed by atoms with Crippen LogP contribution in [0.25, 0.3) is 0 Å². The number of nitrogens with one attached hydrogen (secondary N) is 1. The molecule has 1 amide bonds. The second-order valence-corrected chi connectivity index (χ2v) is 9.04. The van der Waals surface area contributed by atoms with Crippen molar-refractivity contribution in [1.82, 2.24) is 4.90 Å². The average Bonchev–Trinajstić information content (AvgIpc) is 3.42. The molecule has 0 unspecified atom stereocenters. The summed E-state index contributed by atoms with van der Waals surface area (Å²) < 4.78 is 29.0. The van der Waals surface area contributed by atoms with Gasteiger partial charge in [0, 0.05) is 25.7 Å². The van der Waals surface area contributed by atoms with Gasteiger partial charge in [-0.3, -0.25) is 4.79 Å². The molecule has 7 heteroatoms. The van der Waals surface area contributed by atoms with Crippen LogP contribution in [0.15, 0.2) is 63.9 Å². The van der Waals surface area contributed by atoms with E-state index in [0.717, 1.165) is 31.4 Å². The predicted molar refractivity (Wildman–Crippen MR) is 109 cm³/mol. The average molecular weight is 398 g/mol. The van der Waals surface area contributed by atoms with Crippen LogP contribution in [0.1, 0.15) is 31.2 Å². The summed E-state index contributed by atoms with van der Waals surface area (Å²) in [6.07, 6.45) is 3.23. The summed E-state index contributed by atoms with van der Waals surface area (Å²) in [5, 5.41) is 2.92. The van der Waals surface area contributed by atoms with Crippen molar-refractivity contribution in [3.8, 4) is 0 Å². The van der Waals surface area contributed by atoms with Crippen molar-refractivity contribution in [2.45, 2.75) is 36.0 Å². The van der Waals surface area contributed by atoms with Gasteiger partial charge in [-0.15, -0.1) is 4.40 Å². The molecule has 2 aromatic carbocycles. The van der Waals surface area contributed by atoms with E-state index in [1.54, 1.807) is 12.1 Å². The Hall–Kier alpha value is -2.67. The van der Waals surface area contributed by atoms with E-state index < -0.39 is 15.4 Å². The highest BCUT2D eigenvalue weighted by Gasteiger charge is 2.51. The third-order valence-corrected chi connectivity index (χ3v) is 6.80. The lowest BCUT2D eigenvalue weighted by molar-refractivity contribution is -0.118. The molecule has 2 aromatic rings. The van der Waals surface area contributed by atoms with Gasteiger partial charge in [-0.25, -0.2) is 0 Å². The number of hydrogen-bond acceptors (Lipinski definition) is 3. The topological polar surface area (TPSA) is 78.8 Å². The molecule has 0 spiro atoms. The first-order valence-corrected chi connectivity index (χ1v) is 10.9.